The predicted octanol–water partition coefficient (Wildman–Crippen LogP) is 2.24. The summed E-state index contributed by atoms with van der Waals surface area (Å²) in [5, 5.41) is 9.58. The fraction of sp³-hybridized carbons (Fsp3) is 0.562. The molecule has 0 aliphatic carbocycles. The van der Waals surface area contributed by atoms with Gasteiger partial charge in [0.1, 0.15) is 0 Å². The van der Waals surface area contributed by atoms with Crippen LogP contribution in [0.5, 0.6) is 0 Å². The Hall–Kier alpha value is -1.39. The Morgan fingerprint density at radius 2 is 2.25 bits per heavy atom. The third-order valence-electron chi connectivity index (χ3n) is 4.33. The molecule has 0 bridgehead atoms. The van der Waals surface area contributed by atoms with Crippen LogP contribution in [0, 0.1) is 0 Å². The summed E-state index contributed by atoms with van der Waals surface area (Å²) in [6.45, 7) is 6.27. The lowest BCUT2D eigenvalue weighted by molar-refractivity contribution is 0.194. The molecule has 1 fully saturated rings. The van der Waals surface area contributed by atoms with Crippen molar-refractivity contribution in [1.82, 2.24) is 20.0 Å². The quantitative estimate of drug-likeness (QED) is 0.926. The van der Waals surface area contributed by atoms with E-state index in [9.17, 15) is 0 Å². The standard InChI is InChI=1S/C16H24N4/c1-3-20-16-9-5-4-8-14(16)15(18-20)12-19(2)13-7-6-10-17-11-13/h4-5,8-9,13,17H,3,6-7,10-12H2,1-2H3. The highest BCUT2D eigenvalue weighted by molar-refractivity contribution is 5.81. The number of rotatable bonds is 4. The summed E-state index contributed by atoms with van der Waals surface area (Å²) >= 11 is 0. The summed E-state index contributed by atoms with van der Waals surface area (Å²) < 4.78 is 2.11. The van der Waals surface area contributed by atoms with Gasteiger partial charge in [0.15, 0.2) is 0 Å². The van der Waals surface area contributed by atoms with Gasteiger partial charge in [0.25, 0.3) is 0 Å². The first kappa shape index (κ1) is 13.6. The van der Waals surface area contributed by atoms with Crippen LogP contribution in [0.15, 0.2) is 24.3 Å². The Morgan fingerprint density at radius 1 is 1.40 bits per heavy atom. The van der Waals surface area contributed by atoms with E-state index in [0.29, 0.717) is 6.04 Å². The fourth-order valence-electron chi connectivity index (χ4n) is 3.13. The van der Waals surface area contributed by atoms with Crippen LogP contribution < -0.4 is 5.32 Å². The molecule has 1 aromatic heterocycles. The van der Waals surface area contributed by atoms with Crippen LogP contribution in [-0.4, -0.2) is 40.9 Å². The van der Waals surface area contributed by atoms with Crippen LogP contribution in [-0.2, 0) is 13.1 Å². The zero-order valence-electron chi connectivity index (χ0n) is 12.5. The molecule has 1 aliphatic rings. The van der Waals surface area contributed by atoms with E-state index in [4.69, 9.17) is 5.10 Å². The molecule has 2 aromatic rings. The Kier molecular flexibility index (Phi) is 4.03. The molecule has 20 heavy (non-hydrogen) atoms. The van der Waals surface area contributed by atoms with Crippen molar-refractivity contribution in [3.05, 3.63) is 30.0 Å². The number of aryl methyl sites for hydroxylation is 1. The molecular formula is C16H24N4. The van der Waals surface area contributed by atoms with Crippen molar-refractivity contribution in [3.63, 3.8) is 0 Å². The maximum atomic E-state index is 4.80. The summed E-state index contributed by atoms with van der Waals surface area (Å²) in [6, 6.07) is 9.19. The minimum atomic E-state index is 0.634. The van der Waals surface area contributed by atoms with Crippen LogP contribution >= 0.6 is 0 Å². The molecule has 4 nitrogen and oxygen atoms in total. The molecule has 1 unspecified atom stereocenters. The third kappa shape index (κ3) is 2.58. The molecule has 4 heteroatoms. The molecule has 1 saturated heterocycles. The average molecular weight is 272 g/mol. The molecule has 1 aliphatic heterocycles. The highest BCUT2D eigenvalue weighted by atomic mass is 15.3. The second-order valence-electron chi connectivity index (χ2n) is 5.69. The summed E-state index contributed by atoms with van der Waals surface area (Å²) in [4.78, 5) is 2.45. The SMILES string of the molecule is CCn1nc(CN(C)C2CCCNC2)c2ccccc21. The molecule has 3 rings (SSSR count). The molecule has 0 saturated carbocycles. The number of para-hydroxylation sites is 1. The number of benzene rings is 1. The van der Waals surface area contributed by atoms with E-state index in [1.165, 1.54) is 29.4 Å². The van der Waals surface area contributed by atoms with Gasteiger partial charge in [-0.1, -0.05) is 18.2 Å². The predicted molar refractivity (Wildman–Crippen MR) is 82.8 cm³/mol. The first-order valence-electron chi connectivity index (χ1n) is 7.65. The minimum Gasteiger partial charge on any atom is -0.315 e. The zero-order chi connectivity index (χ0) is 13.9. The third-order valence-corrected chi connectivity index (χ3v) is 4.33. The molecule has 0 radical (unpaired) electrons. The Labute approximate surface area is 120 Å². The van der Waals surface area contributed by atoms with Crippen molar-refractivity contribution in [1.29, 1.82) is 0 Å². The summed E-state index contributed by atoms with van der Waals surface area (Å²) in [7, 11) is 2.22. The number of fused-ring (bicyclic) bond motifs is 1. The van der Waals surface area contributed by atoms with Crippen molar-refractivity contribution in [3.8, 4) is 0 Å². The molecular weight excluding hydrogens is 248 g/mol. The number of piperidine rings is 1. The van der Waals surface area contributed by atoms with Gasteiger partial charge in [-0.05, 0) is 39.4 Å². The van der Waals surface area contributed by atoms with Crippen LogP contribution in [0.25, 0.3) is 10.9 Å². The number of aromatic nitrogens is 2. The van der Waals surface area contributed by atoms with E-state index in [1.807, 2.05) is 0 Å². The van der Waals surface area contributed by atoms with Crippen molar-refractivity contribution in [2.75, 3.05) is 20.1 Å². The normalized spacial score (nSPS) is 19.9. The van der Waals surface area contributed by atoms with Gasteiger partial charge >= 0.3 is 0 Å². The second-order valence-corrected chi connectivity index (χ2v) is 5.69. The molecule has 0 spiro atoms. The first-order chi connectivity index (χ1) is 9.79. The van der Waals surface area contributed by atoms with Gasteiger partial charge in [0, 0.05) is 31.1 Å². The Bertz CT molecular complexity index is 569. The average Bonchev–Trinajstić information content (AvgIpc) is 2.86. The Balaban J connectivity index is 1.83. The maximum Gasteiger partial charge on any atom is 0.0843 e. The van der Waals surface area contributed by atoms with Gasteiger partial charge in [-0.25, -0.2) is 0 Å². The van der Waals surface area contributed by atoms with Gasteiger partial charge in [0.2, 0.25) is 0 Å². The number of likely N-dealkylation sites (N-methyl/N-ethyl adjacent to an activating group) is 1. The highest BCUT2D eigenvalue weighted by Gasteiger charge is 2.19. The topological polar surface area (TPSA) is 33.1 Å². The fourth-order valence-corrected chi connectivity index (χ4v) is 3.13. The Morgan fingerprint density at radius 3 is 3.00 bits per heavy atom. The van der Waals surface area contributed by atoms with Crippen molar-refractivity contribution < 1.29 is 0 Å². The number of nitrogens with one attached hydrogen (secondary N) is 1. The summed E-state index contributed by atoms with van der Waals surface area (Å²) in [5.41, 5.74) is 2.45. The van der Waals surface area contributed by atoms with E-state index in [0.717, 1.165) is 26.2 Å². The van der Waals surface area contributed by atoms with Gasteiger partial charge in [0.05, 0.1) is 11.2 Å². The lowest BCUT2D eigenvalue weighted by Crippen LogP contribution is -2.43. The highest BCUT2D eigenvalue weighted by Crippen LogP contribution is 2.21. The van der Waals surface area contributed by atoms with Gasteiger partial charge in [-0.15, -0.1) is 0 Å². The van der Waals surface area contributed by atoms with Gasteiger partial charge in [-0.2, -0.15) is 5.10 Å². The maximum absolute atomic E-state index is 4.80. The molecule has 1 N–H and O–H groups in total. The van der Waals surface area contributed by atoms with E-state index in [1.54, 1.807) is 0 Å². The van der Waals surface area contributed by atoms with Gasteiger partial charge < -0.3 is 5.32 Å². The van der Waals surface area contributed by atoms with Gasteiger partial charge in [-0.3, -0.25) is 9.58 Å². The molecule has 2 heterocycles. The lowest BCUT2D eigenvalue weighted by atomic mass is 10.1. The number of hydrogen-bond acceptors (Lipinski definition) is 3. The van der Waals surface area contributed by atoms with E-state index in [-0.39, 0.29) is 0 Å². The van der Waals surface area contributed by atoms with Crippen molar-refractivity contribution >= 4 is 10.9 Å². The van der Waals surface area contributed by atoms with Crippen molar-refractivity contribution in [2.24, 2.45) is 0 Å². The van der Waals surface area contributed by atoms with Crippen LogP contribution in [0.3, 0.4) is 0 Å². The van der Waals surface area contributed by atoms with E-state index >= 15 is 0 Å². The summed E-state index contributed by atoms with van der Waals surface area (Å²) in [5.74, 6) is 0. The van der Waals surface area contributed by atoms with Crippen LogP contribution in [0.2, 0.25) is 0 Å². The lowest BCUT2D eigenvalue weighted by Gasteiger charge is -2.31. The van der Waals surface area contributed by atoms with Crippen LogP contribution in [0.1, 0.15) is 25.5 Å². The second kappa shape index (κ2) is 5.94. The van der Waals surface area contributed by atoms with Crippen LogP contribution in [0.4, 0.5) is 0 Å². The zero-order valence-corrected chi connectivity index (χ0v) is 12.5. The largest absolute Gasteiger partial charge is 0.315 e. The van der Waals surface area contributed by atoms with E-state index in [2.05, 4.69) is 53.1 Å². The number of nitrogens with zero attached hydrogens (tertiary/aromatic N) is 3. The first-order valence-corrected chi connectivity index (χ1v) is 7.65. The molecule has 108 valence electrons. The monoisotopic (exact) mass is 272 g/mol. The van der Waals surface area contributed by atoms with E-state index < -0.39 is 0 Å². The molecule has 1 aromatic carbocycles. The number of hydrogen-bond donors (Lipinski definition) is 1. The summed E-state index contributed by atoms with van der Waals surface area (Å²) in [6.07, 6.45) is 2.56. The minimum absolute atomic E-state index is 0.634. The van der Waals surface area contributed by atoms with Crippen molar-refractivity contribution in [2.45, 2.75) is 38.9 Å². The molecule has 0 amide bonds. The smallest absolute Gasteiger partial charge is 0.0843 e. The molecule has 1 atom stereocenters.